The maximum absolute atomic E-state index is 12.5. The summed E-state index contributed by atoms with van der Waals surface area (Å²) in [5.74, 6) is 2.15. The van der Waals surface area contributed by atoms with Crippen molar-refractivity contribution in [3.63, 3.8) is 0 Å². The average Bonchev–Trinajstić information content (AvgIpc) is 3.61. The number of unbranched alkanes of at least 4 members (excludes halogenated alkanes) is 2. The lowest BCUT2D eigenvalue weighted by Gasteiger charge is -2.26. The molecule has 8 nitrogen and oxygen atoms in total. The molecule has 4 rings (SSSR count). The van der Waals surface area contributed by atoms with Crippen LogP contribution in [0.1, 0.15) is 83.8 Å². The van der Waals surface area contributed by atoms with Gasteiger partial charge in [0.05, 0.1) is 0 Å². The Balaban J connectivity index is 1.01. The van der Waals surface area contributed by atoms with E-state index in [0.29, 0.717) is 39.5 Å². The van der Waals surface area contributed by atoms with Crippen LogP contribution in [0.5, 0.6) is 11.8 Å². The molecule has 0 amide bonds. The van der Waals surface area contributed by atoms with Gasteiger partial charge in [0.15, 0.2) is 11.8 Å². The van der Waals surface area contributed by atoms with Gasteiger partial charge < -0.3 is 19.7 Å². The number of aromatic hydroxyl groups is 2. The van der Waals surface area contributed by atoms with Gasteiger partial charge in [-0.3, -0.25) is 18.7 Å². The van der Waals surface area contributed by atoms with Crippen molar-refractivity contribution in [2.45, 2.75) is 108 Å². The summed E-state index contributed by atoms with van der Waals surface area (Å²) in [5.41, 5.74) is 1.43. The Morgan fingerprint density at radius 1 is 0.674 bits per heavy atom. The smallest absolute Gasteiger partial charge is 0.254 e. The molecule has 2 N–H and O–H groups in total. The summed E-state index contributed by atoms with van der Waals surface area (Å²) >= 11 is 3.29. The maximum Gasteiger partial charge on any atom is 0.254 e. The monoisotopic (exact) mass is 634 g/mol. The van der Waals surface area contributed by atoms with E-state index in [9.17, 15) is 19.8 Å². The molecule has 0 spiro atoms. The SMILES string of the molecule is CC(C)(CCCCOCCCOCCCCC(C)(C)Cn1c(O)c2c(cc1=O)SCC2)Cn1c(O)c2c(cc1=O)SCC2. The number of thioether (sulfide) groups is 2. The zero-order valence-electron chi connectivity index (χ0n) is 26.4. The van der Waals surface area contributed by atoms with Gasteiger partial charge in [0.25, 0.3) is 11.1 Å². The van der Waals surface area contributed by atoms with Crippen LogP contribution in [0.4, 0.5) is 0 Å². The molecule has 4 heterocycles. The Morgan fingerprint density at radius 3 is 1.49 bits per heavy atom. The third-order valence-corrected chi connectivity index (χ3v) is 10.6. The molecule has 0 aliphatic carbocycles. The van der Waals surface area contributed by atoms with Crippen molar-refractivity contribution in [1.29, 1.82) is 0 Å². The van der Waals surface area contributed by atoms with Crippen LogP contribution in [0.15, 0.2) is 31.5 Å². The van der Waals surface area contributed by atoms with Gasteiger partial charge in [-0.25, -0.2) is 0 Å². The molecule has 0 bridgehead atoms. The number of hydrogen-bond donors (Lipinski definition) is 2. The highest BCUT2D eigenvalue weighted by atomic mass is 32.2. The summed E-state index contributed by atoms with van der Waals surface area (Å²) in [6, 6.07) is 3.35. The first-order valence-corrected chi connectivity index (χ1v) is 17.8. The van der Waals surface area contributed by atoms with Gasteiger partial charge in [0, 0.05) is 84.1 Å². The Kier molecular flexibility index (Phi) is 12.2. The predicted molar refractivity (Wildman–Crippen MR) is 175 cm³/mol. The van der Waals surface area contributed by atoms with Crippen LogP contribution in [0.3, 0.4) is 0 Å². The molecule has 0 atom stereocenters. The molecule has 43 heavy (non-hydrogen) atoms. The fraction of sp³-hybridized carbons (Fsp3) is 0.697. The van der Waals surface area contributed by atoms with E-state index in [-0.39, 0.29) is 33.7 Å². The molecule has 10 heteroatoms. The lowest BCUT2D eigenvalue weighted by molar-refractivity contribution is 0.0773. The molecule has 0 aromatic carbocycles. The molecule has 2 aliphatic heterocycles. The largest absolute Gasteiger partial charge is 0.494 e. The van der Waals surface area contributed by atoms with E-state index >= 15 is 0 Å². The topological polar surface area (TPSA) is 103 Å². The minimum absolute atomic E-state index is 0.0925. The molecule has 0 fully saturated rings. The van der Waals surface area contributed by atoms with Gasteiger partial charge in [0.2, 0.25) is 0 Å². The molecule has 2 aromatic rings. The van der Waals surface area contributed by atoms with Crippen LogP contribution in [-0.2, 0) is 35.4 Å². The second-order valence-electron chi connectivity index (χ2n) is 13.5. The van der Waals surface area contributed by atoms with Crippen LogP contribution < -0.4 is 11.1 Å². The van der Waals surface area contributed by atoms with Crippen LogP contribution in [0.25, 0.3) is 0 Å². The van der Waals surface area contributed by atoms with Crippen molar-refractivity contribution in [2.75, 3.05) is 37.9 Å². The fourth-order valence-electron chi connectivity index (χ4n) is 5.97. The summed E-state index contributed by atoms with van der Waals surface area (Å²) in [6.07, 6.45) is 8.38. The highest BCUT2D eigenvalue weighted by molar-refractivity contribution is 7.99. The van der Waals surface area contributed by atoms with Crippen molar-refractivity contribution in [2.24, 2.45) is 10.8 Å². The zero-order valence-corrected chi connectivity index (χ0v) is 28.0. The van der Waals surface area contributed by atoms with Gasteiger partial charge in [-0.15, -0.1) is 23.5 Å². The summed E-state index contributed by atoms with van der Waals surface area (Å²) in [5, 5.41) is 21.3. The quantitative estimate of drug-likeness (QED) is 0.186. The van der Waals surface area contributed by atoms with E-state index in [1.807, 2.05) is 0 Å². The molecule has 0 saturated heterocycles. The standard InChI is InChI=1S/C33H50N2O6S2/c1-32(2,22-34-28(36)20-26-24(30(34)38)10-18-42-26)12-5-7-14-40-16-9-17-41-15-8-6-13-33(3,4)23-35-29(37)21-27-25(31(35)39)11-19-43-27/h20-21,38-39H,5-19,22-23H2,1-4H3. The summed E-state index contributed by atoms with van der Waals surface area (Å²) < 4.78 is 14.7. The summed E-state index contributed by atoms with van der Waals surface area (Å²) in [7, 11) is 0. The highest BCUT2D eigenvalue weighted by Gasteiger charge is 2.26. The molecular formula is C33H50N2O6S2. The first-order chi connectivity index (χ1) is 20.5. The first-order valence-electron chi connectivity index (χ1n) is 15.8. The van der Waals surface area contributed by atoms with Gasteiger partial charge >= 0.3 is 0 Å². The number of nitrogens with zero attached hydrogens (tertiary/aromatic N) is 2. The fourth-order valence-corrected chi connectivity index (χ4v) is 8.12. The Labute approximate surface area is 264 Å². The third-order valence-electron chi connectivity index (χ3n) is 8.44. The normalized spacial score (nSPS) is 14.8. The van der Waals surface area contributed by atoms with Gasteiger partial charge in [0.1, 0.15) is 0 Å². The minimum Gasteiger partial charge on any atom is -0.494 e. The van der Waals surface area contributed by atoms with Crippen molar-refractivity contribution in [1.82, 2.24) is 9.13 Å². The number of rotatable bonds is 18. The van der Waals surface area contributed by atoms with E-state index in [2.05, 4.69) is 27.7 Å². The van der Waals surface area contributed by atoms with Gasteiger partial charge in [-0.1, -0.05) is 40.5 Å². The van der Waals surface area contributed by atoms with Crippen LogP contribution >= 0.6 is 23.5 Å². The Hall–Kier alpha value is -1.88. The molecular weight excluding hydrogens is 585 g/mol. The number of ether oxygens (including phenoxy) is 2. The Bertz CT molecular complexity index is 1250. The molecule has 0 unspecified atom stereocenters. The van der Waals surface area contributed by atoms with Crippen molar-refractivity contribution < 1.29 is 19.7 Å². The Morgan fingerprint density at radius 2 is 1.07 bits per heavy atom. The van der Waals surface area contributed by atoms with Gasteiger partial charge in [-0.05, 0) is 55.8 Å². The average molecular weight is 635 g/mol. The van der Waals surface area contributed by atoms with E-state index in [0.717, 1.165) is 90.2 Å². The van der Waals surface area contributed by atoms with Crippen molar-refractivity contribution in [3.8, 4) is 11.8 Å². The zero-order chi connectivity index (χ0) is 31.0. The second kappa shape index (κ2) is 15.4. The van der Waals surface area contributed by atoms with Crippen LogP contribution in [0.2, 0.25) is 0 Å². The minimum atomic E-state index is -0.114. The molecule has 0 radical (unpaired) electrons. The predicted octanol–water partition coefficient (Wildman–Crippen LogP) is 6.23. The van der Waals surface area contributed by atoms with Gasteiger partial charge in [-0.2, -0.15) is 0 Å². The lowest BCUT2D eigenvalue weighted by Crippen LogP contribution is -2.28. The molecule has 2 aromatic heterocycles. The van der Waals surface area contributed by atoms with E-state index in [4.69, 9.17) is 9.47 Å². The summed E-state index contributed by atoms with van der Waals surface area (Å²) in [4.78, 5) is 27.0. The number of fused-ring (bicyclic) bond motifs is 2. The number of aromatic nitrogens is 2. The van der Waals surface area contributed by atoms with E-state index < -0.39 is 0 Å². The van der Waals surface area contributed by atoms with E-state index in [1.54, 1.807) is 44.8 Å². The molecule has 2 aliphatic rings. The number of hydrogen-bond acceptors (Lipinski definition) is 8. The van der Waals surface area contributed by atoms with Crippen molar-refractivity contribution in [3.05, 3.63) is 44.0 Å². The lowest BCUT2D eigenvalue weighted by atomic mass is 9.87. The maximum atomic E-state index is 12.5. The van der Waals surface area contributed by atoms with Crippen LogP contribution in [0, 0.1) is 10.8 Å². The second-order valence-corrected chi connectivity index (χ2v) is 15.8. The van der Waals surface area contributed by atoms with Crippen molar-refractivity contribution >= 4 is 23.5 Å². The first kappa shape index (κ1) is 34.0. The molecule has 0 saturated carbocycles. The highest BCUT2D eigenvalue weighted by Crippen LogP contribution is 2.38. The van der Waals surface area contributed by atoms with E-state index in [1.165, 1.54) is 0 Å². The molecule has 240 valence electrons. The third kappa shape index (κ3) is 9.55. The number of pyridine rings is 2. The summed E-state index contributed by atoms with van der Waals surface area (Å²) in [6.45, 7) is 12.4. The van der Waals surface area contributed by atoms with Crippen LogP contribution in [-0.4, -0.2) is 57.3 Å².